The van der Waals surface area contributed by atoms with Gasteiger partial charge in [-0.15, -0.1) is 0 Å². The van der Waals surface area contributed by atoms with Gasteiger partial charge in [-0.3, -0.25) is 0 Å². The minimum atomic E-state index is 0.853. The van der Waals surface area contributed by atoms with Crippen LogP contribution in [0.1, 0.15) is 11.1 Å². The molecule has 0 aliphatic carbocycles. The lowest BCUT2D eigenvalue weighted by molar-refractivity contribution is 0.417. The van der Waals surface area contributed by atoms with Crippen LogP contribution in [0.2, 0.25) is 0 Å². The highest BCUT2D eigenvalue weighted by atomic mass is 16.5. The van der Waals surface area contributed by atoms with E-state index in [1.54, 1.807) is 7.11 Å². The molecule has 0 spiro atoms. The van der Waals surface area contributed by atoms with Crippen LogP contribution in [0, 0.1) is 13.8 Å². The van der Waals surface area contributed by atoms with Gasteiger partial charge in [0.15, 0.2) is 0 Å². The Morgan fingerprint density at radius 2 is 1.59 bits per heavy atom. The molecule has 2 aromatic rings. The fraction of sp³-hybridized carbons (Fsp3) is 0.200. The maximum absolute atomic E-state index is 5.32. The van der Waals surface area contributed by atoms with Crippen LogP contribution in [0.4, 0.5) is 11.4 Å². The molecule has 2 heteroatoms. The molecule has 1 N–H and O–H groups in total. The molecule has 88 valence electrons. The number of nitrogens with one attached hydrogen (secondary N) is 1. The Hall–Kier alpha value is -1.96. The molecular weight excluding hydrogens is 210 g/mol. The molecule has 2 rings (SSSR count). The number of methoxy groups -OCH3 is 1. The van der Waals surface area contributed by atoms with E-state index in [0.29, 0.717) is 0 Å². The Bertz CT molecular complexity index is 500. The normalized spacial score (nSPS) is 10.1. The molecule has 0 radical (unpaired) electrons. The van der Waals surface area contributed by atoms with Gasteiger partial charge in [0, 0.05) is 5.69 Å². The lowest BCUT2D eigenvalue weighted by Crippen LogP contribution is -1.95. The highest BCUT2D eigenvalue weighted by Crippen LogP contribution is 2.27. The van der Waals surface area contributed by atoms with Crippen molar-refractivity contribution in [2.45, 2.75) is 13.8 Å². The smallest absolute Gasteiger partial charge is 0.142 e. The molecule has 2 nitrogen and oxygen atoms in total. The first kappa shape index (κ1) is 11.5. The number of hydrogen-bond donors (Lipinski definition) is 1. The number of aryl methyl sites for hydroxylation is 2. The van der Waals surface area contributed by atoms with E-state index in [1.807, 2.05) is 24.3 Å². The molecule has 0 bridgehead atoms. The maximum Gasteiger partial charge on any atom is 0.142 e. The average Bonchev–Trinajstić information content (AvgIpc) is 2.28. The van der Waals surface area contributed by atoms with E-state index in [9.17, 15) is 0 Å². The third-order valence-electron chi connectivity index (χ3n) is 2.61. The molecule has 0 aliphatic heterocycles. The van der Waals surface area contributed by atoms with Crippen molar-refractivity contribution in [3.05, 3.63) is 53.6 Å². The van der Waals surface area contributed by atoms with E-state index in [-0.39, 0.29) is 0 Å². The van der Waals surface area contributed by atoms with E-state index in [1.165, 1.54) is 11.1 Å². The van der Waals surface area contributed by atoms with Crippen molar-refractivity contribution in [1.29, 1.82) is 0 Å². The molecule has 0 atom stereocenters. The molecule has 0 saturated heterocycles. The highest BCUT2D eigenvalue weighted by Gasteiger charge is 2.02. The summed E-state index contributed by atoms with van der Waals surface area (Å²) in [6.45, 7) is 4.20. The number of para-hydroxylation sites is 2. The van der Waals surface area contributed by atoms with Crippen LogP contribution in [0.3, 0.4) is 0 Å². The lowest BCUT2D eigenvalue weighted by Gasteiger charge is -2.12. The summed E-state index contributed by atoms with van der Waals surface area (Å²) in [4.78, 5) is 0. The Balaban J connectivity index is 2.31. The SMILES string of the molecule is COc1ccccc1Nc1cc(C)cc(C)c1. The third-order valence-corrected chi connectivity index (χ3v) is 2.61. The molecular formula is C15H17NO. The molecule has 0 fully saturated rings. The van der Waals surface area contributed by atoms with Crippen LogP contribution in [0.5, 0.6) is 5.75 Å². The number of anilines is 2. The number of ether oxygens (including phenoxy) is 1. The van der Waals surface area contributed by atoms with E-state index < -0.39 is 0 Å². The van der Waals surface area contributed by atoms with Gasteiger partial charge in [-0.25, -0.2) is 0 Å². The summed E-state index contributed by atoms with van der Waals surface area (Å²) >= 11 is 0. The number of benzene rings is 2. The first-order valence-corrected chi connectivity index (χ1v) is 5.67. The van der Waals surface area contributed by atoms with Crippen molar-refractivity contribution < 1.29 is 4.74 Å². The van der Waals surface area contributed by atoms with Crippen LogP contribution in [-0.4, -0.2) is 7.11 Å². The zero-order valence-corrected chi connectivity index (χ0v) is 10.4. The predicted molar refractivity (Wildman–Crippen MR) is 72.2 cm³/mol. The van der Waals surface area contributed by atoms with Gasteiger partial charge in [0.1, 0.15) is 5.75 Å². The van der Waals surface area contributed by atoms with Crippen molar-refractivity contribution in [3.8, 4) is 5.75 Å². The van der Waals surface area contributed by atoms with Gasteiger partial charge in [-0.2, -0.15) is 0 Å². The minimum absolute atomic E-state index is 0.853. The molecule has 0 aromatic heterocycles. The molecule has 17 heavy (non-hydrogen) atoms. The molecule has 0 aliphatic rings. The molecule has 0 heterocycles. The minimum Gasteiger partial charge on any atom is -0.495 e. The van der Waals surface area contributed by atoms with Gasteiger partial charge in [0.25, 0.3) is 0 Å². The van der Waals surface area contributed by atoms with Gasteiger partial charge in [-0.05, 0) is 49.2 Å². The first-order valence-electron chi connectivity index (χ1n) is 5.67. The van der Waals surface area contributed by atoms with E-state index in [4.69, 9.17) is 4.74 Å². The fourth-order valence-electron chi connectivity index (χ4n) is 1.95. The monoisotopic (exact) mass is 227 g/mol. The van der Waals surface area contributed by atoms with Crippen LogP contribution in [0.15, 0.2) is 42.5 Å². The quantitative estimate of drug-likeness (QED) is 0.853. The van der Waals surface area contributed by atoms with Crippen molar-refractivity contribution in [2.24, 2.45) is 0 Å². The molecule has 0 amide bonds. The van der Waals surface area contributed by atoms with Crippen LogP contribution in [0.25, 0.3) is 0 Å². The van der Waals surface area contributed by atoms with Crippen molar-refractivity contribution in [1.82, 2.24) is 0 Å². The van der Waals surface area contributed by atoms with Crippen molar-refractivity contribution in [3.63, 3.8) is 0 Å². The number of rotatable bonds is 3. The van der Waals surface area contributed by atoms with Crippen LogP contribution in [-0.2, 0) is 0 Å². The third kappa shape index (κ3) is 2.78. The fourth-order valence-corrected chi connectivity index (χ4v) is 1.95. The van der Waals surface area contributed by atoms with E-state index in [2.05, 4.69) is 37.4 Å². The second-order valence-electron chi connectivity index (χ2n) is 4.20. The highest BCUT2D eigenvalue weighted by molar-refractivity contribution is 5.67. The zero-order chi connectivity index (χ0) is 12.3. The summed E-state index contributed by atoms with van der Waals surface area (Å²) < 4.78 is 5.32. The average molecular weight is 227 g/mol. The summed E-state index contributed by atoms with van der Waals surface area (Å²) in [6, 6.07) is 14.3. The lowest BCUT2D eigenvalue weighted by atomic mass is 10.1. The van der Waals surface area contributed by atoms with Crippen LogP contribution < -0.4 is 10.1 Å². The second kappa shape index (κ2) is 4.91. The Morgan fingerprint density at radius 3 is 2.24 bits per heavy atom. The van der Waals surface area contributed by atoms with Gasteiger partial charge in [0.2, 0.25) is 0 Å². The molecule has 0 unspecified atom stereocenters. The standard InChI is InChI=1S/C15H17NO/c1-11-8-12(2)10-13(9-11)16-14-6-4-5-7-15(14)17-3/h4-10,16H,1-3H3. The molecule has 0 saturated carbocycles. The summed E-state index contributed by atoms with van der Waals surface area (Å²) in [5, 5.41) is 3.38. The van der Waals surface area contributed by atoms with Crippen molar-refractivity contribution >= 4 is 11.4 Å². The summed E-state index contributed by atoms with van der Waals surface area (Å²) in [7, 11) is 1.68. The van der Waals surface area contributed by atoms with Crippen LogP contribution >= 0.6 is 0 Å². The zero-order valence-electron chi connectivity index (χ0n) is 10.4. The van der Waals surface area contributed by atoms with E-state index >= 15 is 0 Å². The summed E-state index contributed by atoms with van der Waals surface area (Å²) in [6.07, 6.45) is 0. The molecule has 2 aromatic carbocycles. The maximum atomic E-state index is 5.32. The summed E-state index contributed by atoms with van der Waals surface area (Å²) in [5.41, 5.74) is 4.58. The largest absolute Gasteiger partial charge is 0.495 e. The van der Waals surface area contributed by atoms with Crippen molar-refractivity contribution in [2.75, 3.05) is 12.4 Å². The predicted octanol–water partition coefficient (Wildman–Crippen LogP) is 4.06. The summed E-state index contributed by atoms with van der Waals surface area (Å²) in [5.74, 6) is 0.853. The second-order valence-corrected chi connectivity index (χ2v) is 4.20. The van der Waals surface area contributed by atoms with Gasteiger partial charge >= 0.3 is 0 Å². The Morgan fingerprint density at radius 1 is 0.941 bits per heavy atom. The topological polar surface area (TPSA) is 21.3 Å². The van der Waals surface area contributed by atoms with Gasteiger partial charge < -0.3 is 10.1 Å². The number of hydrogen-bond acceptors (Lipinski definition) is 2. The van der Waals surface area contributed by atoms with Gasteiger partial charge in [-0.1, -0.05) is 18.2 Å². The Kier molecular flexibility index (Phi) is 3.33. The van der Waals surface area contributed by atoms with Gasteiger partial charge in [0.05, 0.1) is 12.8 Å². The van der Waals surface area contributed by atoms with E-state index in [0.717, 1.165) is 17.1 Å². The Labute approximate surface area is 102 Å². The first-order chi connectivity index (χ1) is 8.19.